The van der Waals surface area contributed by atoms with Crippen LogP contribution in [0.1, 0.15) is 20.3 Å². The molecule has 0 amide bonds. The van der Waals surface area contributed by atoms with Gasteiger partial charge in [0.2, 0.25) is 5.95 Å². The van der Waals surface area contributed by atoms with Crippen molar-refractivity contribution in [2.45, 2.75) is 31.9 Å². The number of hydrogen-bond donors (Lipinski definition) is 1. The summed E-state index contributed by atoms with van der Waals surface area (Å²) in [6, 6.07) is 3.65. The number of nitrogens with one attached hydrogen (secondary N) is 1. The zero-order valence-electron chi connectivity index (χ0n) is 10.4. The maximum Gasteiger partial charge on any atom is 0.243 e. The highest BCUT2D eigenvalue weighted by molar-refractivity contribution is 6.30. The number of halogens is 1. The lowest BCUT2D eigenvalue weighted by Gasteiger charge is -2.27. The highest BCUT2D eigenvalue weighted by atomic mass is 35.5. The first kappa shape index (κ1) is 11.7. The fourth-order valence-electron chi connectivity index (χ4n) is 2.17. The summed E-state index contributed by atoms with van der Waals surface area (Å²) in [7, 11) is 0. The third kappa shape index (κ3) is 1.93. The maximum atomic E-state index is 5.92. The zero-order chi connectivity index (χ0) is 12.8. The molecule has 0 bridgehead atoms. The Morgan fingerprint density at radius 3 is 3.11 bits per heavy atom. The Morgan fingerprint density at radius 2 is 2.39 bits per heavy atom. The monoisotopic (exact) mass is 266 g/mol. The van der Waals surface area contributed by atoms with Crippen LogP contribution in [-0.4, -0.2) is 32.8 Å². The first-order valence-corrected chi connectivity index (χ1v) is 6.36. The molecule has 6 heteroatoms. The Morgan fingerprint density at radius 1 is 1.56 bits per heavy atom. The molecule has 5 nitrogen and oxygen atoms in total. The number of hydrogen-bond acceptors (Lipinski definition) is 4. The summed E-state index contributed by atoms with van der Waals surface area (Å²) in [4.78, 5) is 4.42. The molecule has 1 fully saturated rings. The summed E-state index contributed by atoms with van der Waals surface area (Å²) in [6.45, 7) is 4.96. The zero-order valence-corrected chi connectivity index (χ0v) is 11.1. The second-order valence-corrected chi connectivity index (χ2v) is 5.33. The predicted octanol–water partition coefficient (Wildman–Crippen LogP) is 2.36. The van der Waals surface area contributed by atoms with Crippen LogP contribution in [0.3, 0.4) is 0 Å². The van der Waals surface area contributed by atoms with E-state index in [0.29, 0.717) is 11.0 Å². The normalized spacial score (nSPS) is 27.8. The average molecular weight is 267 g/mol. The number of anilines is 1. The summed E-state index contributed by atoms with van der Waals surface area (Å²) in [5.74, 6) is 0.608. The van der Waals surface area contributed by atoms with Crippen molar-refractivity contribution in [2.75, 3.05) is 11.9 Å². The van der Waals surface area contributed by atoms with Crippen LogP contribution in [0.25, 0.3) is 5.65 Å². The van der Waals surface area contributed by atoms with Crippen LogP contribution in [0.4, 0.5) is 5.95 Å². The van der Waals surface area contributed by atoms with Gasteiger partial charge in [-0.25, -0.2) is 4.52 Å². The Kier molecular flexibility index (Phi) is 2.68. The average Bonchev–Trinajstić information content (AvgIpc) is 2.83. The topological polar surface area (TPSA) is 51.5 Å². The molecule has 18 heavy (non-hydrogen) atoms. The lowest BCUT2D eigenvalue weighted by molar-refractivity contribution is 0.105. The highest BCUT2D eigenvalue weighted by Crippen LogP contribution is 2.28. The van der Waals surface area contributed by atoms with Crippen molar-refractivity contribution >= 4 is 23.2 Å². The Labute approximate surface area is 110 Å². The second-order valence-electron chi connectivity index (χ2n) is 4.89. The number of pyridine rings is 1. The third-order valence-corrected chi connectivity index (χ3v) is 3.80. The van der Waals surface area contributed by atoms with E-state index in [4.69, 9.17) is 16.3 Å². The highest BCUT2D eigenvalue weighted by Gasteiger charge is 2.37. The summed E-state index contributed by atoms with van der Waals surface area (Å²) < 4.78 is 7.26. The maximum absolute atomic E-state index is 5.92. The van der Waals surface area contributed by atoms with Crippen molar-refractivity contribution in [3.05, 3.63) is 23.4 Å². The van der Waals surface area contributed by atoms with Crippen LogP contribution in [0, 0.1) is 0 Å². The van der Waals surface area contributed by atoms with Gasteiger partial charge in [0.05, 0.1) is 16.7 Å². The third-order valence-electron chi connectivity index (χ3n) is 3.58. The first-order chi connectivity index (χ1) is 8.57. The summed E-state index contributed by atoms with van der Waals surface area (Å²) in [5.41, 5.74) is 0.659. The van der Waals surface area contributed by atoms with E-state index in [2.05, 4.69) is 29.2 Å². The Bertz CT molecular complexity index is 584. The number of nitrogens with zero attached hydrogens (tertiary/aromatic N) is 3. The smallest absolute Gasteiger partial charge is 0.243 e. The molecule has 3 rings (SSSR count). The summed E-state index contributed by atoms with van der Waals surface area (Å²) >= 11 is 5.92. The standard InChI is InChI=1S/C12H15ClN4O/c1-8-12(2,5-6-18-8)15-11-14-10-4-3-9(13)7-17(10)16-11/h3-4,7-8H,5-6H2,1-2H3,(H,15,16). The van der Waals surface area contributed by atoms with Crippen LogP contribution >= 0.6 is 11.6 Å². The molecule has 1 N–H and O–H groups in total. The van der Waals surface area contributed by atoms with Gasteiger partial charge >= 0.3 is 0 Å². The van der Waals surface area contributed by atoms with Crippen molar-refractivity contribution in [1.29, 1.82) is 0 Å². The van der Waals surface area contributed by atoms with Crippen molar-refractivity contribution in [1.82, 2.24) is 14.6 Å². The van der Waals surface area contributed by atoms with Crippen molar-refractivity contribution in [2.24, 2.45) is 0 Å². The van der Waals surface area contributed by atoms with Gasteiger partial charge in [-0.1, -0.05) is 11.6 Å². The summed E-state index contributed by atoms with van der Waals surface area (Å²) in [5, 5.41) is 8.38. The van der Waals surface area contributed by atoms with Crippen LogP contribution < -0.4 is 5.32 Å². The first-order valence-electron chi connectivity index (χ1n) is 5.98. The largest absolute Gasteiger partial charge is 0.376 e. The molecule has 2 unspecified atom stereocenters. The van der Waals surface area contributed by atoms with Gasteiger partial charge in [0.1, 0.15) is 0 Å². The van der Waals surface area contributed by atoms with E-state index in [1.807, 2.05) is 6.07 Å². The van der Waals surface area contributed by atoms with Gasteiger partial charge in [-0.3, -0.25) is 0 Å². The molecule has 2 atom stereocenters. The van der Waals surface area contributed by atoms with Crippen LogP contribution in [0.15, 0.2) is 18.3 Å². The Balaban J connectivity index is 1.91. The van der Waals surface area contributed by atoms with Crippen LogP contribution in [-0.2, 0) is 4.74 Å². The molecule has 1 aliphatic heterocycles. The van der Waals surface area contributed by atoms with Gasteiger partial charge in [0, 0.05) is 12.8 Å². The van der Waals surface area contributed by atoms with E-state index >= 15 is 0 Å². The number of fused-ring (bicyclic) bond motifs is 1. The van der Waals surface area contributed by atoms with Gasteiger partial charge in [0.15, 0.2) is 5.65 Å². The molecule has 3 heterocycles. The number of ether oxygens (including phenoxy) is 1. The van der Waals surface area contributed by atoms with E-state index in [0.717, 1.165) is 18.7 Å². The lowest BCUT2D eigenvalue weighted by Crippen LogP contribution is -2.41. The van der Waals surface area contributed by atoms with E-state index in [9.17, 15) is 0 Å². The van der Waals surface area contributed by atoms with Gasteiger partial charge in [-0.05, 0) is 32.4 Å². The predicted molar refractivity (Wildman–Crippen MR) is 70.1 cm³/mol. The van der Waals surface area contributed by atoms with Crippen molar-refractivity contribution in [3.8, 4) is 0 Å². The fourth-order valence-corrected chi connectivity index (χ4v) is 2.32. The minimum atomic E-state index is -0.116. The molecule has 1 aliphatic rings. The quantitative estimate of drug-likeness (QED) is 0.907. The van der Waals surface area contributed by atoms with E-state index in [-0.39, 0.29) is 11.6 Å². The van der Waals surface area contributed by atoms with Crippen molar-refractivity contribution < 1.29 is 4.74 Å². The van der Waals surface area contributed by atoms with Crippen LogP contribution in [0.2, 0.25) is 5.02 Å². The lowest BCUT2D eigenvalue weighted by atomic mass is 9.95. The minimum Gasteiger partial charge on any atom is -0.376 e. The van der Waals surface area contributed by atoms with Gasteiger partial charge < -0.3 is 10.1 Å². The van der Waals surface area contributed by atoms with E-state index in [1.54, 1.807) is 16.8 Å². The molecular formula is C12H15ClN4O. The molecule has 2 aromatic heterocycles. The molecule has 96 valence electrons. The second kappa shape index (κ2) is 4.10. The fraction of sp³-hybridized carbons (Fsp3) is 0.500. The molecule has 0 saturated carbocycles. The van der Waals surface area contributed by atoms with Crippen molar-refractivity contribution in [3.63, 3.8) is 0 Å². The minimum absolute atomic E-state index is 0.116. The SMILES string of the molecule is CC1OCCC1(C)Nc1nc2ccc(Cl)cn2n1. The summed E-state index contributed by atoms with van der Waals surface area (Å²) in [6.07, 6.45) is 2.84. The van der Waals surface area contributed by atoms with Gasteiger partial charge in [-0.2, -0.15) is 4.98 Å². The van der Waals surface area contributed by atoms with E-state index < -0.39 is 0 Å². The molecule has 1 saturated heterocycles. The molecule has 0 spiro atoms. The molecule has 0 aromatic carbocycles. The molecule has 0 radical (unpaired) electrons. The van der Waals surface area contributed by atoms with E-state index in [1.165, 1.54) is 0 Å². The van der Waals surface area contributed by atoms with Gasteiger partial charge in [0.25, 0.3) is 0 Å². The molecule has 0 aliphatic carbocycles. The number of rotatable bonds is 2. The van der Waals surface area contributed by atoms with Gasteiger partial charge in [-0.15, -0.1) is 5.10 Å². The Hall–Kier alpha value is -1.33. The molecule has 2 aromatic rings. The number of aromatic nitrogens is 3. The molecular weight excluding hydrogens is 252 g/mol. The van der Waals surface area contributed by atoms with Crippen LogP contribution in [0.5, 0.6) is 0 Å².